The third-order valence-corrected chi connectivity index (χ3v) is 6.12. The highest BCUT2D eigenvalue weighted by Crippen LogP contribution is 2.26. The van der Waals surface area contributed by atoms with Gasteiger partial charge in [0.2, 0.25) is 0 Å². The molecule has 0 amide bonds. The molecule has 3 rings (SSSR count). The van der Waals surface area contributed by atoms with Gasteiger partial charge in [0.05, 0.1) is 19.8 Å². The number of nitrogens with zero attached hydrogens (tertiary/aromatic N) is 1. The molecule has 1 atom stereocenters. The van der Waals surface area contributed by atoms with E-state index in [1.807, 2.05) is 80.6 Å². The molecular formula is C30H35NO5. The van der Waals surface area contributed by atoms with Crippen molar-refractivity contribution in [1.82, 2.24) is 0 Å². The van der Waals surface area contributed by atoms with Crippen molar-refractivity contribution in [3.05, 3.63) is 94.5 Å². The molecule has 6 heteroatoms. The van der Waals surface area contributed by atoms with Crippen LogP contribution in [0.1, 0.15) is 54.5 Å². The van der Waals surface area contributed by atoms with Crippen LogP contribution in [0.2, 0.25) is 0 Å². The lowest BCUT2D eigenvalue weighted by molar-refractivity contribution is -0.140. The SMILES string of the molecule is CCc1ccc(O[C@H](C)CCOc2ccc(CCC(=O)OC)c(C)c2)c(C(=NO)c2ccccc2)c1. The van der Waals surface area contributed by atoms with Crippen molar-refractivity contribution in [2.24, 2.45) is 5.16 Å². The lowest BCUT2D eigenvalue weighted by atomic mass is 9.98. The highest BCUT2D eigenvalue weighted by molar-refractivity contribution is 6.14. The van der Waals surface area contributed by atoms with E-state index >= 15 is 0 Å². The molecule has 0 saturated carbocycles. The maximum Gasteiger partial charge on any atom is 0.305 e. The van der Waals surface area contributed by atoms with Crippen molar-refractivity contribution in [3.63, 3.8) is 0 Å². The summed E-state index contributed by atoms with van der Waals surface area (Å²) in [5.41, 5.74) is 5.38. The molecule has 3 aromatic rings. The zero-order valence-electron chi connectivity index (χ0n) is 21.5. The summed E-state index contributed by atoms with van der Waals surface area (Å²) >= 11 is 0. The molecule has 1 N–H and O–H groups in total. The highest BCUT2D eigenvalue weighted by atomic mass is 16.5. The predicted molar refractivity (Wildman–Crippen MR) is 141 cm³/mol. The number of rotatable bonds is 12. The first-order valence-electron chi connectivity index (χ1n) is 12.3. The topological polar surface area (TPSA) is 77.4 Å². The van der Waals surface area contributed by atoms with E-state index in [0.29, 0.717) is 37.3 Å². The molecule has 0 aliphatic heterocycles. The summed E-state index contributed by atoms with van der Waals surface area (Å²) in [6.07, 6.45) is 2.43. The molecule has 6 nitrogen and oxygen atoms in total. The average Bonchev–Trinajstić information content (AvgIpc) is 2.90. The smallest absolute Gasteiger partial charge is 0.305 e. The quantitative estimate of drug-likeness (QED) is 0.143. The van der Waals surface area contributed by atoms with Crippen LogP contribution in [0.25, 0.3) is 0 Å². The Kier molecular flexibility index (Phi) is 9.92. The Hall–Kier alpha value is -3.80. The number of hydrogen-bond acceptors (Lipinski definition) is 6. The van der Waals surface area contributed by atoms with Crippen LogP contribution in [0, 0.1) is 6.92 Å². The monoisotopic (exact) mass is 489 g/mol. The Morgan fingerprint density at radius 1 is 1.06 bits per heavy atom. The molecule has 36 heavy (non-hydrogen) atoms. The standard InChI is InChI=1S/C30H35NO5/c1-5-23-11-15-28(27(20-23)30(31-33)25-9-7-6-8-10-25)36-22(3)17-18-35-26-14-12-24(21(2)19-26)13-16-29(32)34-4/h6-12,14-15,19-20,22,33H,5,13,16-18H2,1-4H3/t22-/m1/s1. The number of oxime groups is 1. The summed E-state index contributed by atoms with van der Waals surface area (Å²) in [5.74, 6) is 1.24. The van der Waals surface area contributed by atoms with Crippen LogP contribution in [0.4, 0.5) is 0 Å². The van der Waals surface area contributed by atoms with Crippen LogP contribution < -0.4 is 9.47 Å². The molecule has 3 aromatic carbocycles. The molecule has 0 aliphatic carbocycles. The van der Waals surface area contributed by atoms with Crippen LogP contribution in [-0.2, 0) is 22.4 Å². The molecule has 0 aliphatic rings. The summed E-state index contributed by atoms with van der Waals surface area (Å²) in [6, 6.07) is 21.5. The highest BCUT2D eigenvalue weighted by Gasteiger charge is 2.17. The van der Waals surface area contributed by atoms with E-state index in [0.717, 1.165) is 40.0 Å². The van der Waals surface area contributed by atoms with Gasteiger partial charge in [-0.1, -0.05) is 54.5 Å². The predicted octanol–water partition coefficient (Wildman–Crippen LogP) is 6.13. The normalized spacial score (nSPS) is 12.2. The summed E-state index contributed by atoms with van der Waals surface area (Å²) in [6.45, 7) is 6.59. The van der Waals surface area contributed by atoms with Crippen molar-refractivity contribution < 1.29 is 24.2 Å². The van der Waals surface area contributed by atoms with E-state index in [2.05, 4.69) is 12.1 Å². The van der Waals surface area contributed by atoms with Crippen LogP contribution >= 0.6 is 0 Å². The molecule has 0 aromatic heterocycles. The molecule has 0 spiro atoms. The lowest BCUT2D eigenvalue weighted by Crippen LogP contribution is -2.18. The number of carbonyl (C=O) groups is 1. The Bertz CT molecular complexity index is 1170. The number of hydrogen-bond donors (Lipinski definition) is 1. The zero-order valence-corrected chi connectivity index (χ0v) is 21.5. The van der Waals surface area contributed by atoms with E-state index in [9.17, 15) is 10.0 Å². The second kappa shape index (κ2) is 13.3. The maximum atomic E-state index is 11.4. The van der Waals surface area contributed by atoms with Crippen molar-refractivity contribution >= 4 is 11.7 Å². The molecule has 190 valence electrons. The molecular weight excluding hydrogens is 454 g/mol. The van der Waals surface area contributed by atoms with Crippen molar-refractivity contribution in [2.45, 2.75) is 52.6 Å². The van der Waals surface area contributed by atoms with Gasteiger partial charge in [0.25, 0.3) is 0 Å². The molecule has 0 bridgehead atoms. The summed E-state index contributed by atoms with van der Waals surface area (Å²) in [7, 11) is 1.40. The summed E-state index contributed by atoms with van der Waals surface area (Å²) in [5, 5.41) is 13.4. The van der Waals surface area contributed by atoms with E-state index in [-0.39, 0.29) is 12.1 Å². The second-order valence-corrected chi connectivity index (χ2v) is 8.73. The number of ether oxygens (including phenoxy) is 3. The van der Waals surface area contributed by atoms with E-state index in [1.165, 1.54) is 7.11 Å². The molecule has 0 unspecified atom stereocenters. The molecule has 0 radical (unpaired) electrons. The zero-order chi connectivity index (χ0) is 25.9. The first kappa shape index (κ1) is 26.8. The van der Waals surface area contributed by atoms with Crippen LogP contribution in [0.3, 0.4) is 0 Å². The minimum absolute atomic E-state index is 0.118. The first-order valence-corrected chi connectivity index (χ1v) is 12.3. The van der Waals surface area contributed by atoms with Gasteiger partial charge in [-0.15, -0.1) is 0 Å². The fourth-order valence-corrected chi connectivity index (χ4v) is 3.94. The van der Waals surface area contributed by atoms with E-state index in [4.69, 9.17) is 14.2 Å². The van der Waals surface area contributed by atoms with Crippen LogP contribution in [0.5, 0.6) is 11.5 Å². The second-order valence-electron chi connectivity index (χ2n) is 8.73. The van der Waals surface area contributed by atoms with Crippen LogP contribution in [-0.4, -0.2) is 36.7 Å². The number of esters is 1. The van der Waals surface area contributed by atoms with Gasteiger partial charge >= 0.3 is 5.97 Å². The fourth-order valence-electron chi connectivity index (χ4n) is 3.94. The third kappa shape index (κ3) is 7.35. The number of benzene rings is 3. The minimum atomic E-state index is -0.211. The molecule has 0 heterocycles. The van der Waals surface area contributed by atoms with Gasteiger partial charge in [0.15, 0.2) is 0 Å². The van der Waals surface area contributed by atoms with Gasteiger partial charge in [-0.25, -0.2) is 0 Å². The van der Waals surface area contributed by atoms with Gasteiger partial charge in [0.1, 0.15) is 17.2 Å². The van der Waals surface area contributed by atoms with E-state index < -0.39 is 0 Å². The van der Waals surface area contributed by atoms with Crippen molar-refractivity contribution in [3.8, 4) is 11.5 Å². The average molecular weight is 490 g/mol. The van der Waals surface area contributed by atoms with Gasteiger partial charge < -0.3 is 19.4 Å². The maximum absolute atomic E-state index is 11.4. The number of methoxy groups -OCH3 is 1. The Labute approximate surface area is 213 Å². The third-order valence-electron chi connectivity index (χ3n) is 6.12. The van der Waals surface area contributed by atoms with Gasteiger partial charge in [-0.2, -0.15) is 0 Å². The molecule has 0 saturated heterocycles. The summed E-state index contributed by atoms with van der Waals surface area (Å²) < 4.78 is 17.0. The molecule has 0 fully saturated rings. The summed E-state index contributed by atoms with van der Waals surface area (Å²) in [4.78, 5) is 11.4. The Morgan fingerprint density at radius 2 is 1.83 bits per heavy atom. The Morgan fingerprint density at radius 3 is 2.50 bits per heavy atom. The van der Waals surface area contributed by atoms with Crippen molar-refractivity contribution in [2.75, 3.05) is 13.7 Å². The van der Waals surface area contributed by atoms with E-state index in [1.54, 1.807) is 0 Å². The van der Waals surface area contributed by atoms with Crippen molar-refractivity contribution in [1.29, 1.82) is 0 Å². The fraction of sp³-hybridized carbons (Fsp3) is 0.333. The van der Waals surface area contributed by atoms with Gasteiger partial charge in [-0.3, -0.25) is 4.79 Å². The van der Waals surface area contributed by atoms with Gasteiger partial charge in [0, 0.05) is 24.0 Å². The van der Waals surface area contributed by atoms with Gasteiger partial charge in [-0.05, 0) is 67.6 Å². The number of carbonyl (C=O) groups excluding carboxylic acids is 1. The first-order chi connectivity index (χ1) is 17.4. The minimum Gasteiger partial charge on any atom is -0.493 e. The number of aryl methyl sites for hydroxylation is 3. The largest absolute Gasteiger partial charge is 0.493 e. The Balaban J connectivity index is 1.63. The lowest BCUT2D eigenvalue weighted by Gasteiger charge is -2.19. The van der Waals surface area contributed by atoms with Crippen LogP contribution in [0.15, 0.2) is 71.9 Å².